The molecule has 11 aromatic rings. The predicted molar refractivity (Wildman–Crippen MR) is 401 cm³/mol. The molecule has 0 aliphatic heterocycles. The minimum absolute atomic E-state index is 0.122. The molecule has 9 aromatic carbocycles. The van der Waals surface area contributed by atoms with Crippen LogP contribution in [-0.2, 0) is 21.7 Å². The van der Waals surface area contributed by atoms with Crippen LogP contribution in [0.2, 0.25) is 0 Å². The van der Waals surface area contributed by atoms with Crippen molar-refractivity contribution in [3.8, 4) is 44.5 Å². The van der Waals surface area contributed by atoms with Crippen molar-refractivity contribution in [3.05, 3.63) is 208 Å². The van der Waals surface area contributed by atoms with Crippen molar-refractivity contribution in [1.29, 1.82) is 0 Å². The second kappa shape index (κ2) is 25.2. The average molecular weight is 1240 g/mol. The second-order valence-corrected chi connectivity index (χ2v) is 30.4. The van der Waals surface area contributed by atoms with Crippen LogP contribution in [0, 0.1) is 6.92 Å². The Hall–Kier alpha value is -7.62. The maximum atomic E-state index is 7.61. The van der Waals surface area contributed by atoms with Gasteiger partial charge >= 0.3 is 0 Å². The first-order chi connectivity index (χ1) is 45.9. The summed E-state index contributed by atoms with van der Waals surface area (Å²) in [6.07, 6.45) is 30.0. The fraction of sp³-hybridized carbons (Fsp3) is 0.407. The molecule has 3 nitrogen and oxygen atoms in total. The van der Waals surface area contributed by atoms with Crippen LogP contribution >= 0.6 is 0 Å². The van der Waals surface area contributed by atoms with Crippen molar-refractivity contribution >= 4 is 60.9 Å². The summed E-state index contributed by atoms with van der Waals surface area (Å²) >= 11 is 0. The van der Waals surface area contributed by atoms with Crippen LogP contribution in [0.5, 0.6) is 0 Å². The number of unbranched alkanes of at least 4 members (excludes halogenated alkanes) is 16. The maximum absolute atomic E-state index is 7.61. The summed E-state index contributed by atoms with van der Waals surface area (Å²) in [4.78, 5) is 2.65. The van der Waals surface area contributed by atoms with E-state index < -0.39 is 0 Å². The topological polar surface area (TPSA) is 29.5 Å². The van der Waals surface area contributed by atoms with Gasteiger partial charge < -0.3 is 13.7 Å². The van der Waals surface area contributed by atoms with Crippen molar-refractivity contribution in [1.82, 2.24) is 0 Å². The number of benzene rings is 9. The zero-order chi connectivity index (χ0) is 64.5. The molecular weight excluding hydrogens is 1140 g/mol. The third-order valence-electron chi connectivity index (χ3n) is 23.9. The lowest BCUT2D eigenvalue weighted by molar-refractivity contribution is 0.369. The molecule has 94 heavy (non-hydrogen) atoms. The van der Waals surface area contributed by atoms with Crippen molar-refractivity contribution in [2.75, 3.05) is 4.90 Å². The number of nitrogens with zero attached hydrogens (tertiary/aromatic N) is 1. The van der Waals surface area contributed by atoms with Crippen molar-refractivity contribution in [3.63, 3.8) is 0 Å². The van der Waals surface area contributed by atoms with E-state index in [9.17, 15) is 0 Å². The van der Waals surface area contributed by atoms with Gasteiger partial charge in [0, 0.05) is 65.8 Å². The molecule has 0 amide bonds. The number of hydrogen-bond donors (Lipinski definition) is 0. The zero-order valence-electron chi connectivity index (χ0n) is 58.2. The van der Waals surface area contributed by atoms with E-state index in [0.29, 0.717) is 0 Å². The van der Waals surface area contributed by atoms with Gasteiger partial charge in [-0.3, -0.25) is 0 Å². The predicted octanol–water partition coefficient (Wildman–Crippen LogP) is 27.9. The summed E-state index contributed by atoms with van der Waals surface area (Å²) in [6, 6.07) is 61.8. The van der Waals surface area contributed by atoms with Crippen LogP contribution in [0.1, 0.15) is 260 Å². The van der Waals surface area contributed by atoms with Gasteiger partial charge in [-0.15, -0.1) is 0 Å². The summed E-state index contributed by atoms with van der Waals surface area (Å²) < 4.78 is 14.2. The summed E-state index contributed by atoms with van der Waals surface area (Å²) in [6.45, 7) is 21.6. The van der Waals surface area contributed by atoms with Crippen LogP contribution in [0.3, 0.4) is 0 Å². The highest BCUT2D eigenvalue weighted by Crippen LogP contribution is 2.68. The van der Waals surface area contributed by atoms with Crippen molar-refractivity contribution in [2.45, 2.75) is 238 Å². The Labute approximate surface area is 561 Å². The normalized spacial score (nSPS) is 15.4. The van der Waals surface area contributed by atoms with E-state index in [1.165, 1.54) is 258 Å². The number of aryl methyl sites for hydroxylation is 1. The van der Waals surface area contributed by atoms with Crippen molar-refractivity contribution in [2.24, 2.45) is 0 Å². The highest BCUT2D eigenvalue weighted by molar-refractivity contribution is 6.21. The monoisotopic (exact) mass is 1240 g/mol. The molecule has 0 spiro atoms. The van der Waals surface area contributed by atoms with E-state index in [0.717, 1.165) is 35.2 Å². The molecule has 0 radical (unpaired) electrons. The summed E-state index contributed by atoms with van der Waals surface area (Å²) in [5, 5.41) is 5.04. The smallest absolute Gasteiger partial charge is 0.144 e. The first-order valence-corrected chi connectivity index (χ1v) is 37.3. The first kappa shape index (κ1) is 62.5. The molecule has 0 saturated carbocycles. The largest absolute Gasteiger partial charge is 0.456 e. The first-order valence-electron chi connectivity index (χ1n) is 37.3. The third-order valence-corrected chi connectivity index (χ3v) is 23.9. The lowest BCUT2D eigenvalue weighted by Gasteiger charge is -2.40. The third kappa shape index (κ3) is 9.90. The molecule has 4 aliphatic carbocycles. The fourth-order valence-electron chi connectivity index (χ4n) is 19.2. The Kier molecular flexibility index (Phi) is 16.7. The molecular formula is C91H101NO2. The summed E-state index contributed by atoms with van der Waals surface area (Å²) in [5.41, 5.74) is 31.3. The lowest BCUT2D eigenvalue weighted by atomic mass is 9.62. The van der Waals surface area contributed by atoms with Gasteiger partial charge in [-0.05, 0) is 182 Å². The van der Waals surface area contributed by atoms with E-state index in [1.54, 1.807) is 16.7 Å². The molecule has 0 bridgehead atoms. The molecule has 4 aliphatic rings. The van der Waals surface area contributed by atoms with Gasteiger partial charge in [-0.1, -0.05) is 281 Å². The Balaban J connectivity index is 0.949. The fourth-order valence-corrected chi connectivity index (χ4v) is 19.2. The SMILES string of the molecule is CCCCCCCC1(CCCCCCC)c2cc(N(c3ccc4c(c3)C(C)(C)c3cc5c(cc3-4)C(C)(C)c3ccc4oc6ccccc6c4c3-5)c3ccccc3C)ccc2-c2c1c1c(c3c2oc2ccccc23)-c2ccccc2C1(CCCCCCC)CCCCCCC. The summed E-state index contributed by atoms with van der Waals surface area (Å²) in [7, 11) is 0. The molecule has 15 rings (SSSR count). The number of fused-ring (bicyclic) bond motifs is 22. The molecule has 482 valence electrons. The quantitative estimate of drug-likeness (QED) is 0.0481. The average Bonchev–Trinajstić information content (AvgIpc) is 1.50. The molecule has 0 N–H and O–H groups in total. The Morgan fingerprint density at radius 2 is 0.798 bits per heavy atom. The minimum Gasteiger partial charge on any atom is -0.456 e. The van der Waals surface area contributed by atoms with Crippen LogP contribution in [0.4, 0.5) is 17.1 Å². The van der Waals surface area contributed by atoms with E-state index >= 15 is 0 Å². The van der Waals surface area contributed by atoms with E-state index in [1.807, 2.05) is 0 Å². The van der Waals surface area contributed by atoms with Gasteiger partial charge in [0.15, 0.2) is 0 Å². The molecule has 2 aromatic heterocycles. The van der Waals surface area contributed by atoms with Gasteiger partial charge in [-0.2, -0.15) is 0 Å². The molecule has 0 saturated heterocycles. The highest BCUT2D eigenvalue weighted by Gasteiger charge is 2.54. The van der Waals surface area contributed by atoms with E-state index in [4.69, 9.17) is 8.83 Å². The molecule has 2 heterocycles. The van der Waals surface area contributed by atoms with Gasteiger partial charge in [0.05, 0.1) is 0 Å². The number of anilines is 3. The second-order valence-electron chi connectivity index (χ2n) is 30.4. The Bertz CT molecular complexity index is 4640. The van der Waals surface area contributed by atoms with Gasteiger partial charge in [0.25, 0.3) is 0 Å². The zero-order valence-corrected chi connectivity index (χ0v) is 58.2. The number of furan rings is 2. The minimum atomic E-state index is -0.273. The summed E-state index contributed by atoms with van der Waals surface area (Å²) in [5.74, 6) is 0. The molecule has 0 atom stereocenters. The molecule has 3 heteroatoms. The van der Waals surface area contributed by atoms with Crippen LogP contribution < -0.4 is 4.90 Å². The standard InChI is InChI=1S/C91H101NO2/c1-10-14-18-22-34-52-90(53-35-23-19-15-11-2)70-42-30-27-39-64(70)82-83-67-41-29-33-45-78(67)94-87(83)84-65-49-47-62(57-75(65)91(86(84)85(82)90,54-36-24-20-16-12-3)55-37-25-21-17-13-4)92(76-43-31-26-38-60(76)5)61-46-48-63-68-58-74-69(59-73(68)89(8,9)72(63)56-61)80-71(88(74,6)7)50-51-79-81(80)66-40-28-32-44-77(66)93-79/h26-33,38-51,56-59H,10-25,34-37,52-55H2,1-9H3. The van der Waals surface area contributed by atoms with E-state index in [2.05, 4.69) is 225 Å². The van der Waals surface area contributed by atoms with Crippen LogP contribution in [0.25, 0.3) is 88.4 Å². The number of para-hydroxylation sites is 3. The number of hydrogen-bond acceptors (Lipinski definition) is 3. The van der Waals surface area contributed by atoms with Gasteiger partial charge in [0.2, 0.25) is 0 Å². The Morgan fingerprint density at radius 3 is 1.43 bits per heavy atom. The van der Waals surface area contributed by atoms with E-state index in [-0.39, 0.29) is 21.7 Å². The Morgan fingerprint density at radius 1 is 0.330 bits per heavy atom. The van der Waals surface area contributed by atoms with Gasteiger partial charge in [0.1, 0.15) is 22.3 Å². The number of rotatable bonds is 27. The van der Waals surface area contributed by atoms with Gasteiger partial charge in [-0.25, -0.2) is 0 Å². The molecule has 0 unspecified atom stereocenters. The van der Waals surface area contributed by atoms with Crippen LogP contribution in [0.15, 0.2) is 167 Å². The van der Waals surface area contributed by atoms with Crippen LogP contribution in [-0.4, -0.2) is 0 Å². The molecule has 0 fully saturated rings. The lowest BCUT2D eigenvalue weighted by Crippen LogP contribution is -2.33. The maximum Gasteiger partial charge on any atom is 0.144 e. The van der Waals surface area contributed by atoms with Crippen molar-refractivity contribution < 1.29 is 8.83 Å². The highest BCUT2D eigenvalue weighted by atomic mass is 16.3.